The molecule has 0 amide bonds. The molecule has 2 N–H and O–H groups in total. The third-order valence-corrected chi connectivity index (χ3v) is 2.87. The summed E-state index contributed by atoms with van der Waals surface area (Å²) in [6.07, 6.45) is 0.196. The monoisotopic (exact) mass is 259 g/mol. The van der Waals surface area contributed by atoms with Gasteiger partial charge in [-0.05, 0) is 45.4 Å². The van der Waals surface area contributed by atoms with E-state index >= 15 is 0 Å². The van der Waals surface area contributed by atoms with Crippen molar-refractivity contribution in [3.05, 3.63) is 41.2 Å². The van der Waals surface area contributed by atoms with Crippen LogP contribution < -0.4 is 10.1 Å². The second kappa shape index (κ2) is 5.78. The summed E-state index contributed by atoms with van der Waals surface area (Å²) in [6, 6.07) is 8.16. The standard InChI is InChI=1S/C15H21N3O/c1-10(2)19-14-7-5-6-13(8-14)9-16-15-11(3)17-18-12(15)4/h5-8,10,16H,9H2,1-4H3,(H,17,18). The average Bonchev–Trinajstić information content (AvgIpc) is 2.66. The first kappa shape index (κ1) is 13.5. The second-order valence-corrected chi connectivity index (χ2v) is 4.98. The van der Waals surface area contributed by atoms with Gasteiger partial charge < -0.3 is 10.1 Å². The predicted octanol–water partition coefficient (Wildman–Crippen LogP) is 3.43. The predicted molar refractivity (Wildman–Crippen MR) is 77.6 cm³/mol. The van der Waals surface area contributed by atoms with Gasteiger partial charge in [0.05, 0.1) is 23.2 Å². The number of aromatic amines is 1. The number of hydrogen-bond acceptors (Lipinski definition) is 3. The number of aryl methyl sites for hydroxylation is 2. The number of aromatic nitrogens is 2. The molecule has 19 heavy (non-hydrogen) atoms. The van der Waals surface area contributed by atoms with Gasteiger partial charge in [0, 0.05) is 6.54 Å². The quantitative estimate of drug-likeness (QED) is 0.865. The van der Waals surface area contributed by atoms with Crippen molar-refractivity contribution < 1.29 is 4.74 Å². The maximum absolute atomic E-state index is 5.69. The van der Waals surface area contributed by atoms with E-state index in [2.05, 4.69) is 27.6 Å². The van der Waals surface area contributed by atoms with Gasteiger partial charge >= 0.3 is 0 Å². The zero-order valence-corrected chi connectivity index (χ0v) is 11.9. The van der Waals surface area contributed by atoms with Crippen LogP contribution in [0.4, 0.5) is 5.69 Å². The Labute approximate surface area is 114 Å². The van der Waals surface area contributed by atoms with E-state index in [1.54, 1.807) is 0 Å². The van der Waals surface area contributed by atoms with Gasteiger partial charge in [0.2, 0.25) is 0 Å². The Balaban J connectivity index is 2.03. The lowest BCUT2D eigenvalue weighted by atomic mass is 10.2. The summed E-state index contributed by atoms with van der Waals surface area (Å²) < 4.78 is 5.69. The molecular weight excluding hydrogens is 238 g/mol. The first-order valence-electron chi connectivity index (χ1n) is 6.57. The fraction of sp³-hybridized carbons (Fsp3) is 0.400. The van der Waals surface area contributed by atoms with Gasteiger partial charge in [-0.2, -0.15) is 5.10 Å². The molecule has 1 aromatic carbocycles. The zero-order chi connectivity index (χ0) is 13.8. The Hall–Kier alpha value is -1.97. The molecule has 0 saturated carbocycles. The minimum absolute atomic E-state index is 0.196. The third kappa shape index (κ3) is 3.50. The van der Waals surface area contributed by atoms with E-state index < -0.39 is 0 Å². The molecule has 4 nitrogen and oxygen atoms in total. The SMILES string of the molecule is Cc1n[nH]c(C)c1NCc1cccc(OC(C)C)c1. The van der Waals surface area contributed by atoms with Gasteiger partial charge in [0.1, 0.15) is 5.75 Å². The van der Waals surface area contributed by atoms with Crippen molar-refractivity contribution in [1.82, 2.24) is 10.2 Å². The molecule has 0 radical (unpaired) electrons. The van der Waals surface area contributed by atoms with Crippen LogP contribution >= 0.6 is 0 Å². The molecule has 0 unspecified atom stereocenters. The summed E-state index contributed by atoms with van der Waals surface area (Å²) in [4.78, 5) is 0. The molecule has 0 bridgehead atoms. The molecule has 0 fully saturated rings. The normalized spacial score (nSPS) is 10.8. The highest BCUT2D eigenvalue weighted by Gasteiger charge is 2.06. The Morgan fingerprint density at radius 2 is 2.11 bits per heavy atom. The molecule has 2 rings (SSSR count). The van der Waals surface area contributed by atoms with Crippen LogP contribution in [0.25, 0.3) is 0 Å². The van der Waals surface area contributed by atoms with Crippen LogP contribution in [0, 0.1) is 13.8 Å². The van der Waals surface area contributed by atoms with Crippen molar-refractivity contribution >= 4 is 5.69 Å². The number of nitrogens with zero attached hydrogens (tertiary/aromatic N) is 1. The van der Waals surface area contributed by atoms with Crippen molar-refractivity contribution in [2.24, 2.45) is 0 Å². The highest BCUT2D eigenvalue weighted by atomic mass is 16.5. The number of H-pyrrole nitrogens is 1. The maximum atomic E-state index is 5.69. The lowest BCUT2D eigenvalue weighted by molar-refractivity contribution is 0.242. The molecule has 0 aliphatic heterocycles. The van der Waals surface area contributed by atoms with Crippen molar-refractivity contribution in [3.63, 3.8) is 0 Å². The fourth-order valence-electron chi connectivity index (χ4n) is 2.00. The van der Waals surface area contributed by atoms with Crippen LogP contribution in [-0.2, 0) is 6.54 Å². The minimum atomic E-state index is 0.196. The highest BCUT2D eigenvalue weighted by Crippen LogP contribution is 2.19. The summed E-state index contributed by atoms with van der Waals surface area (Å²) in [5, 5.41) is 10.6. The fourth-order valence-corrected chi connectivity index (χ4v) is 2.00. The van der Waals surface area contributed by atoms with Crippen molar-refractivity contribution in [2.75, 3.05) is 5.32 Å². The van der Waals surface area contributed by atoms with Gasteiger partial charge in [-0.15, -0.1) is 0 Å². The Morgan fingerprint density at radius 3 is 2.74 bits per heavy atom. The molecule has 0 aliphatic rings. The van der Waals surface area contributed by atoms with Crippen LogP contribution in [0.15, 0.2) is 24.3 Å². The molecule has 0 aliphatic carbocycles. The number of anilines is 1. The van der Waals surface area contributed by atoms with Gasteiger partial charge in [-0.3, -0.25) is 5.10 Å². The second-order valence-electron chi connectivity index (χ2n) is 4.98. The molecule has 1 heterocycles. The van der Waals surface area contributed by atoms with Crippen LogP contribution in [0.1, 0.15) is 30.8 Å². The third-order valence-electron chi connectivity index (χ3n) is 2.87. The summed E-state index contributed by atoms with van der Waals surface area (Å²) in [6.45, 7) is 8.83. The van der Waals surface area contributed by atoms with Crippen molar-refractivity contribution in [3.8, 4) is 5.75 Å². The number of nitrogens with one attached hydrogen (secondary N) is 2. The van der Waals surface area contributed by atoms with E-state index in [1.807, 2.05) is 39.8 Å². The molecule has 0 spiro atoms. The molecule has 2 aromatic rings. The smallest absolute Gasteiger partial charge is 0.120 e. The highest BCUT2D eigenvalue weighted by molar-refractivity contribution is 5.51. The van der Waals surface area contributed by atoms with Gasteiger partial charge in [-0.1, -0.05) is 12.1 Å². The van der Waals surface area contributed by atoms with Gasteiger partial charge in [0.15, 0.2) is 0 Å². The first-order valence-corrected chi connectivity index (χ1v) is 6.57. The zero-order valence-electron chi connectivity index (χ0n) is 11.9. The van der Waals surface area contributed by atoms with Crippen LogP contribution in [0.2, 0.25) is 0 Å². The molecule has 4 heteroatoms. The average molecular weight is 259 g/mol. The van der Waals surface area contributed by atoms with E-state index in [4.69, 9.17) is 4.74 Å². The van der Waals surface area contributed by atoms with Crippen molar-refractivity contribution in [2.45, 2.75) is 40.3 Å². The molecular formula is C15H21N3O. The van der Waals surface area contributed by atoms with E-state index in [0.717, 1.165) is 29.4 Å². The topological polar surface area (TPSA) is 49.9 Å². The summed E-state index contributed by atoms with van der Waals surface area (Å²) in [5.41, 5.74) is 4.33. The van der Waals surface area contributed by atoms with Crippen LogP contribution in [-0.4, -0.2) is 16.3 Å². The number of benzene rings is 1. The van der Waals surface area contributed by atoms with Crippen LogP contribution in [0.3, 0.4) is 0 Å². The van der Waals surface area contributed by atoms with E-state index in [-0.39, 0.29) is 6.10 Å². The van der Waals surface area contributed by atoms with E-state index in [0.29, 0.717) is 0 Å². The number of rotatable bonds is 5. The minimum Gasteiger partial charge on any atom is -0.491 e. The summed E-state index contributed by atoms with van der Waals surface area (Å²) in [5.74, 6) is 0.912. The maximum Gasteiger partial charge on any atom is 0.120 e. The lowest BCUT2D eigenvalue weighted by Gasteiger charge is -2.11. The van der Waals surface area contributed by atoms with Crippen molar-refractivity contribution in [1.29, 1.82) is 0 Å². The first-order chi connectivity index (χ1) is 9.06. The number of hydrogen-bond donors (Lipinski definition) is 2. The Bertz CT molecular complexity index is 527. The molecule has 0 atom stereocenters. The Morgan fingerprint density at radius 1 is 1.32 bits per heavy atom. The van der Waals surface area contributed by atoms with E-state index in [1.165, 1.54) is 5.56 Å². The van der Waals surface area contributed by atoms with Gasteiger partial charge in [-0.25, -0.2) is 0 Å². The van der Waals surface area contributed by atoms with E-state index in [9.17, 15) is 0 Å². The molecule has 0 saturated heterocycles. The molecule has 102 valence electrons. The van der Waals surface area contributed by atoms with Crippen LogP contribution in [0.5, 0.6) is 5.75 Å². The lowest BCUT2D eigenvalue weighted by Crippen LogP contribution is -2.06. The Kier molecular flexibility index (Phi) is 4.10. The molecule has 1 aromatic heterocycles. The number of ether oxygens (including phenoxy) is 1. The summed E-state index contributed by atoms with van der Waals surface area (Å²) in [7, 11) is 0. The van der Waals surface area contributed by atoms with Gasteiger partial charge in [0.25, 0.3) is 0 Å². The largest absolute Gasteiger partial charge is 0.491 e. The summed E-state index contributed by atoms with van der Waals surface area (Å²) >= 11 is 0.